The maximum absolute atomic E-state index is 12.4. The van der Waals surface area contributed by atoms with Crippen molar-refractivity contribution in [3.05, 3.63) is 94.8 Å². The summed E-state index contributed by atoms with van der Waals surface area (Å²) in [5.74, 6) is -0.394. The number of hydrogen-bond acceptors (Lipinski definition) is 3. The molecule has 1 heterocycles. The SMILES string of the molecule is O=C(Cc1ccccc1Cl)Nc1ccccc1CNC(=O)c1cccnc1. The minimum Gasteiger partial charge on any atom is -0.348 e. The van der Waals surface area contributed by atoms with E-state index in [0.29, 0.717) is 16.3 Å². The fourth-order valence-corrected chi connectivity index (χ4v) is 2.78. The van der Waals surface area contributed by atoms with Crippen LogP contribution in [0.3, 0.4) is 0 Å². The Morgan fingerprint density at radius 1 is 0.926 bits per heavy atom. The van der Waals surface area contributed by atoms with Crippen LogP contribution in [0.15, 0.2) is 73.1 Å². The van der Waals surface area contributed by atoms with Crippen LogP contribution in [0.25, 0.3) is 0 Å². The van der Waals surface area contributed by atoms with Crippen LogP contribution in [0.1, 0.15) is 21.5 Å². The average Bonchev–Trinajstić information content (AvgIpc) is 2.69. The van der Waals surface area contributed by atoms with Gasteiger partial charge in [-0.15, -0.1) is 0 Å². The Morgan fingerprint density at radius 3 is 2.41 bits per heavy atom. The Labute approximate surface area is 162 Å². The van der Waals surface area contributed by atoms with E-state index in [2.05, 4.69) is 15.6 Å². The Balaban J connectivity index is 1.64. The molecule has 136 valence electrons. The van der Waals surface area contributed by atoms with Gasteiger partial charge in [0, 0.05) is 29.6 Å². The molecule has 0 fully saturated rings. The molecule has 0 bridgehead atoms. The van der Waals surface area contributed by atoms with Crippen LogP contribution in [0.5, 0.6) is 0 Å². The fourth-order valence-electron chi connectivity index (χ4n) is 2.58. The van der Waals surface area contributed by atoms with Crippen LogP contribution < -0.4 is 10.6 Å². The van der Waals surface area contributed by atoms with Crippen LogP contribution in [-0.2, 0) is 17.8 Å². The monoisotopic (exact) mass is 379 g/mol. The molecule has 0 radical (unpaired) electrons. The molecule has 0 atom stereocenters. The molecule has 2 aromatic carbocycles. The van der Waals surface area contributed by atoms with E-state index in [1.807, 2.05) is 36.4 Å². The quantitative estimate of drug-likeness (QED) is 0.683. The highest BCUT2D eigenvalue weighted by Gasteiger charge is 2.11. The summed E-state index contributed by atoms with van der Waals surface area (Å²) < 4.78 is 0. The number of halogens is 1. The summed E-state index contributed by atoms with van der Waals surface area (Å²) in [6, 6.07) is 18.0. The second-order valence-electron chi connectivity index (χ2n) is 5.90. The number of pyridine rings is 1. The minimum atomic E-state index is -0.222. The van der Waals surface area contributed by atoms with Crippen molar-refractivity contribution in [1.82, 2.24) is 10.3 Å². The van der Waals surface area contributed by atoms with Gasteiger partial charge < -0.3 is 10.6 Å². The van der Waals surface area contributed by atoms with Gasteiger partial charge in [0.15, 0.2) is 0 Å². The minimum absolute atomic E-state index is 0.172. The molecule has 0 aliphatic rings. The molecule has 0 aliphatic heterocycles. The highest BCUT2D eigenvalue weighted by molar-refractivity contribution is 6.31. The molecule has 3 rings (SSSR count). The number of hydrogen-bond donors (Lipinski definition) is 2. The first-order valence-electron chi connectivity index (χ1n) is 8.43. The number of carbonyl (C=O) groups is 2. The van der Waals surface area contributed by atoms with Gasteiger partial charge in [0.25, 0.3) is 5.91 Å². The van der Waals surface area contributed by atoms with Crippen molar-refractivity contribution in [3.8, 4) is 0 Å². The molecule has 2 amide bonds. The number of nitrogens with zero attached hydrogens (tertiary/aromatic N) is 1. The van der Waals surface area contributed by atoms with E-state index in [1.165, 1.54) is 6.20 Å². The van der Waals surface area contributed by atoms with Gasteiger partial charge in [-0.25, -0.2) is 0 Å². The van der Waals surface area contributed by atoms with Crippen LogP contribution in [0.4, 0.5) is 5.69 Å². The first-order chi connectivity index (χ1) is 13.1. The Bertz CT molecular complexity index is 945. The molecule has 5 nitrogen and oxygen atoms in total. The van der Waals surface area contributed by atoms with Crippen LogP contribution in [0, 0.1) is 0 Å². The van der Waals surface area contributed by atoms with Gasteiger partial charge in [-0.3, -0.25) is 14.6 Å². The van der Waals surface area contributed by atoms with E-state index in [-0.39, 0.29) is 24.8 Å². The Morgan fingerprint density at radius 2 is 1.67 bits per heavy atom. The zero-order valence-corrected chi connectivity index (χ0v) is 15.2. The standard InChI is InChI=1S/C21H18ClN3O2/c22-18-9-3-1-6-15(18)12-20(26)25-19-10-4-2-7-16(19)14-24-21(27)17-8-5-11-23-13-17/h1-11,13H,12,14H2,(H,24,27)(H,25,26). The van der Waals surface area contributed by atoms with Gasteiger partial charge in [0.1, 0.15) is 0 Å². The molecule has 0 unspecified atom stereocenters. The Kier molecular flexibility index (Phi) is 6.18. The van der Waals surface area contributed by atoms with E-state index in [1.54, 1.807) is 30.5 Å². The Hall–Kier alpha value is -3.18. The predicted octanol–water partition coefficient (Wildman–Crippen LogP) is 3.85. The van der Waals surface area contributed by atoms with Gasteiger partial charge in [-0.05, 0) is 35.4 Å². The lowest BCUT2D eigenvalue weighted by Gasteiger charge is -2.12. The first-order valence-corrected chi connectivity index (χ1v) is 8.80. The first kappa shape index (κ1) is 18.6. The smallest absolute Gasteiger partial charge is 0.253 e. The van der Waals surface area contributed by atoms with Gasteiger partial charge in [0.2, 0.25) is 5.91 Å². The molecule has 27 heavy (non-hydrogen) atoms. The van der Waals surface area contributed by atoms with Crippen LogP contribution in [0.2, 0.25) is 5.02 Å². The third-order valence-electron chi connectivity index (χ3n) is 3.96. The normalized spacial score (nSPS) is 10.3. The third-order valence-corrected chi connectivity index (χ3v) is 4.33. The highest BCUT2D eigenvalue weighted by Crippen LogP contribution is 2.18. The number of nitrogens with one attached hydrogen (secondary N) is 2. The topological polar surface area (TPSA) is 71.1 Å². The summed E-state index contributed by atoms with van der Waals surface area (Å²) in [7, 11) is 0. The highest BCUT2D eigenvalue weighted by atomic mass is 35.5. The second-order valence-corrected chi connectivity index (χ2v) is 6.31. The maximum atomic E-state index is 12.4. The average molecular weight is 380 g/mol. The number of benzene rings is 2. The van der Waals surface area contributed by atoms with Gasteiger partial charge in [0.05, 0.1) is 12.0 Å². The molecule has 0 saturated carbocycles. The van der Waals surface area contributed by atoms with Crippen molar-refractivity contribution < 1.29 is 9.59 Å². The second kappa shape index (κ2) is 8.96. The third kappa shape index (κ3) is 5.15. The summed E-state index contributed by atoms with van der Waals surface area (Å²) in [6.07, 6.45) is 3.29. The molecule has 2 N–H and O–H groups in total. The van der Waals surface area contributed by atoms with Crippen molar-refractivity contribution in [2.45, 2.75) is 13.0 Å². The zero-order valence-electron chi connectivity index (χ0n) is 14.5. The van der Waals surface area contributed by atoms with Crippen molar-refractivity contribution >= 4 is 29.1 Å². The zero-order chi connectivity index (χ0) is 19.1. The predicted molar refractivity (Wildman–Crippen MR) is 106 cm³/mol. The molecule has 0 aliphatic carbocycles. The van der Waals surface area contributed by atoms with Crippen molar-refractivity contribution in [2.24, 2.45) is 0 Å². The van der Waals surface area contributed by atoms with E-state index in [9.17, 15) is 9.59 Å². The summed E-state index contributed by atoms with van der Waals surface area (Å²) in [4.78, 5) is 28.5. The molecular formula is C21H18ClN3O2. The molecule has 6 heteroatoms. The summed E-state index contributed by atoms with van der Waals surface area (Å²) in [5.41, 5.74) is 2.71. The number of amides is 2. The summed E-state index contributed by atoms with van der Waals surface area (Å²) in [6.45, 7) is 0.288. The van der Waals surface area contributed by atoms with Crippen molar-refractivity contribution in [2.75, 3.05) is 5.32 Å². The molecule has 0 saturated heterocycles. The van der Waals surface area contributed by atoms with Gasteiger partial charge >= 0.3 is 0 Å². The van der Waals surface area contributed by atoms with Crippen molar-refractivity contribution in [1.29, 1.82) is 0 Å². The molecule has 0 spiro atoms. The lowest BCUT2D eigenvalue weighted by Crippen LogP contribution is -2.24. The van der Waals surface area contributed by atoms with Crippen LogP contribution >= 0.6 is 11.6 Å². The van der Waals surface area contributed by atoms with E-state index >= 15 is 0 Å². The van der Waals surface area contributed by atoms with Gasteiger partial charge in [-0.1, -0.05) is 48.0 Å². The lowest BCUT2D eigenvalue weighted by molar-refractivity contribution is -0.115. The maximum Gasteiger partial charge on any atom is 0.253 e. The number of para-hydroxylation sites is 1. The number of aromatic nitrogens is 1. The fraction of sp³-hybridized carbons (Fsp3) is 0.0952. The van der Waals surface area contributed by atoms with E-state index in [0.717, 1.165) is 11.1 Å². The van der Waals surface area contributed by atoms with Gasteiger partial charge in [-0.2, -0.15) is 0 Å². The summed E-state index contributed by atoms with van der Waals surface area (Å²) in [5, 5.41) is 6.28. The molecular weight excluding hydrogens is 362 g/mol. The van der Waals surface area contributed by atoms with Crippen molar-refractivity contribution in [3.63, 3.8) is 0 Å². The number of rotatable bonds is 6. The van der Waals surface area contributed by atoms with E-state index in [4.69, 9.17) is 11.6 Å². The van der Waals surface area contributed by atoms with Crippen LogP contribution in [-0.4, -0.2) is 16.8 Å². The molecule has 1 aromatic heterocycles. The van der Waals surface area contributed by atoms with E-state index < -0.39 is 0 Å². The number of anilines is 1. The summed E-state index contributed by atoms with van der Waals surface area (Å²) >= 11 is 6.11. The molecule has 3 aromatic rings. The lowest BCUT2D eigenvalue weighted by atomic mass is 10.1. The number of carbonyl (C=O) groups excluding carboxylic acids is 2. The largest absolute Gasteiger partial charge is 0.348 e.